The van der Waals surface area contributed by atoms with E-state index in [4.69, 9.17) is 9.47 Å². The van der Waals surface area contributed by atoms with Crippen molar-refractivity contribution < 1.29 is 9.47 Å². The summed E-state index contributed by atoms with van der Waals surface area (Å²) in [4.78, 5) is 8.85. The molecule has 1 aromatic rings. The van der Waals surface area contributed by atoms with Crippen molar-refractivity contribution >= 4 is 22.6 Å². The number of ether oxygens (including phenoxy) is 2. The molecule has 0 unspecified atom stereocenters. The van der Waals surface area contributed by atoms with Crippen LogP contribution in [-0.2, 0) is 9.47 Å². The Morgan fingerprint density at radius 2 is 2.14 bits per heavy atom. The van der Waals surface area contributed by atoms with Crippen LogP contribution >= 0.6 is 11.5 Å². The lowest BCUT2D eigenvalue weighted by Gasteiger charge is -2.47. The number of hydrogen-bond acceptors (Lipinski definition) is 7. The average molecular weight is 312 g/mol. The predicted molar refractivity (Wildman–Crippen MR) is 84.4 cm³/mol. The van der Waals surface area contributed by atoms with Crippen LogP contribution in [0.5, 0.6) is 0 Å². The number of anilines is 2. The molecule has 2 aliphatic heterocycles. The lowest BCUT2D eigenvalue weighted by atomic mass is 9.82. The quantitative estimate of drug-likeness (QED) is 0.848. The Morgan fingerprint density at radius 3 is 2.76 bits per heavy atom. The normalized spacial score (nSPS) is 25.3. The summed E-state index contributed by atoms with van der Waals surface area (Å²) in [6, 6.07) is 0. The maximum Gasteiger partial charge on any atom is 0.238 e. The van der Waals surface area contributed by atoms with Crippen molar-refractivity contribution in [2.75, 3.05) is 50.7 Å². The van der Waals surface area contributed by atoms with Crippen LogP contribution in [0.15, 0.2) is 0 Å². The van der Waals surface area contributed by atoms with Gasteiger partial charge in [-0.1, -0.05) is 0 Å². The topological polar surface area (TPSA) is 50.7 Å². The summed E-state index contributed by atoms with van der Waals surface area (Å²) in [6.45, 7) is 2.79. The zero-order valence-corrected chi connectivity index (χ0v) is 13.9. The van der Waals surface area contributed by atoms with Crippen molar-refractivity contribution in [2.45, 2.75) is 37.4 Å². The fourth-order valence-corrected chi connectivity index (χ4v) is 4.08. The molecular weight excluding hydrogens is 288 g/mol. The van der Waals surface area contributed by atoms with Crippen molar-refractivity contribution in [3.8, 4) is 0 Å². The van der Waals surface area contributed by atoms with E-state index in [2.05, 4.69) is 14.3 Å². The number of aromatic nitrogens is 2. The molecule has 0 radical (unpaired) electrons. The van der Waals surface area contributed by atoms with Crippen LogP contribution in [0.1, 0.15) is 25.7 Å². The van der Waals surface area contributed by atoms with Gasteiger partial charge in [-0.25, -0.2) is 0 Å². The molecular formula is C14H24N4O2S. The lowest BCUT2D eigenvalue weighted by Crippen LogP contribution is -2.56. The van der Waals surface area contributed by atoms with Crippen molar-refractivity contribution in [2.24, 2.45) is 0 Å². The van der Waals surface area contributed by atoms with Gasteiger partial charge in [0.1, 0.15) is 0 Å². The molecule has 2 saturated heterocycles. The first-order valence-electron chi connectivity index (χ1n) is 7.57. The molecule has 1 aromatic heterocycles. The molecule has 2 fully saturated rings. The van der Waals surface area contributed by atoms with Crippen molar-refractivity contribution in [1.82, 2.24) is 9.36 Å². The van der Waals surface area contributed by atoms with Crippen molar-refractivity contribution in [3.63, 3.8) is 0 Å². The van der Waals surface area contributed by atoms with Gasteiger partial charge in [-0.3, -0.25) is 0 Å². The van der Waals surface area contributed by atoms with E-state index in [-0.39, 0.29) is 11.7 Å². The fraction of sp³-hybridized carbons (Fsp3) is 0.857. The van der Waals surface area contributed by atoms with E-state index in [0.717, 1.165) is 56.5 Å². The molecule has 2 aliphatic rings. The number of hydrogen-bond donors (Lipinski definition) is 0. The monoisotopic (exact) mass is 312 g/mol. The number of rotatable bonds is 3. The van der Waals surface area contributed by atoms with E-state index < -0.39 is 0 Å². The third-order valence-electron chi connectivity index (χ3n) is 4.56. The van der Waals surface area contributed by atoms with E-state index >= 15 is 0 Å². The van der Waals surface area contributed by atoms with Gasteiger partial charge in [-0.15, -0.1) is 0 Å². The molecule has 118 valence electrons. The Morgan fingerprint density at radius 1 is 1.38 bits per heavy atom. The van der Waals surface area contributed by atoms with Gasteiger partial charge in [0, 0.05) is 52.4 Å². The van der Waals surface area contributed by atoms with Crippen LogP contribution in [-0.4, -0.2) is 62.0 Å². The fourth-order valence-electron chi connectivity index (χ4n) is 3.29. The van der Waals surface area contributed by atoms with Crippen LogP contribution in [0.25, 0.3) is 0 Å². The van der Waals surface area contributed by atoms with Crippen LogP contribution < -0.4 is 9.80 Å². The molecule has 21 heavy (non-hydrogen) atoms. The molecule has 3 heterocycles. The molecule has 0 amide bonds. The summed E-state index contributed by atoms with van der Waals surface area (Å²) in [6.07, 6.45) is 4.46. The van der Waals surface area contributed by atoms with Gasteiger partial charge < -0.3 is 19.3 Å². The molecule has 1 spiro atoms. The van der Waals surface area contributed by atoms with Crippen LogP contribution in [0.4, 0.5) is 11.1 Å². The van der Waals surface area contributed by atoms with Gasteiger partial charge in [-0.2, -0.15) is 9.36 Å². The smallest absolute Gasteiger partial charge is 0.238 e. The Balaban J connectivity index is 1.66. The first-order valence-corrected chi connectivity index (χ1v) is 8.35. The standard InChI is InChI=1S/C14H24N4O2S/c1-17(2)12-15-13(21-16-12)18-8-6-14(7-9-18)11(19-3)5-4-10-20-14/h11H,4-10H2,1-3H3/t11-/m1/s1. The summed E-state index contributed by atoms with van der Waals surface area (Å²) in [5.41, 5.74) is -0.0848. The Bertz CT molecular complexity index is 471. The second-order valence-corrected chi connectivity index (χ2v) is 6.77. The second-order valence-electron chi connectivity index (χ2n) is 6.04. The summed E-state index contributed by atoms with van der Waals surface area (Å²) in [7, 11) is 5.74. The maximum absolute atomic E-state index is 6.15. The summed E-state index contributed by atoms with van der Waals surface area (Å²) in [5, 5.41) is 1.01. The maximum atomic E-state index is 6.15. The average Bonchev–Trinajstić information content (AvgIpc) is 2.99. The highest BCUT2D eigenvalue weighted by Gasteiger charge is 2.45. The van der Waals surface area contributed by atoms with E-state index in [0.29, 0.717) is 0 Å². The minimum absolute atomic E-state index is 0.0848. The third kappa shape index (κ3) is 2.86. The van der Waals surface area contributed by atoms with Crippen LogP contribution in [0.3, 0.4) is 0 Å². The minimum Gasteiger partial charge on any atom is -0.378 e. The highest BCUT2D eigenvalue weighted by atomic mass is 32.1. The minimum atomic E-state index is -0.0848. The first kappa shape index (κ1) is 15.0. The van der Waals surface area contributed by atoms with Gasteiger partial charge in [-0.05, 0) is 25.7 Å². The largest absolute Gasteiger partial charge is 0.378 e. The number of nitrogens with zero attached hydrogens (tertiary/aromatic N) is 4. The zero-order chi connectivity index (χ0) is 14.9. The molecule has 0 aliphatic carbocycles. The first-order chi connectivity index (χ1) is 10.1. The SMILES string of the molecule is CO[C@@H]1CCCOC12CCN(c1nc(N(C)C)ns1)CC2. The molecule has 0 aromatic carbocycles. The third-order valence-corrected chi connectivity index (χ3v) is 5.32. The molecule has 7 heteroatoms. The molecule has 1 atom stereocenters. The summed E-state index contributed by atoms with van der Waals surface area (Å²) < 4.78 is 16.2. The van der Waals surface area contributed by atoms with Crippen molar-refractivity contribution in [3.05, 3.63) is 0 Å². The van der Waals surface area contributed by atoms with Gasteiger partial charge in [0.05, 0.1) is 11.7 Å². The van der Waals surface area contributed by atoms with Crippen LogP contribution in [0.2, 0.25) is 0 Å². The van der Waals surface area contributed by atoms with Gasteiger partial charge in [0.15, 0.2) is 0 Å². The van der Waals surface area contributed by atoms with Gasteiger partial charge >= 0.3 is 0 Å². The van der Waals surface area contributed by atoms with E-state index in [1.54, 1.807) is 0 Å². The molecule has 0 saturated carbocycles. The van der Waals surface area contributed by atoms with Gasteiger partial charge in [0.2, 0.25) is 11.1 Å². The lowest BCUT2D eigenvalue weighted by molar-refractivity contribution is -0.175. The van der Waals surface area contributed by atoms with Crippen LogP contribution in [0, 0.1) is 0 Å². The number of methoxy groups -OCH3 is 1. The Hall–Kier alpha value is -0.920. The summed E-state index contributed by atoms with van der Waals surface area (Å²) >= 11 is 1.48. The van der Waals surface area contributed by atoms with Crippen molar-refractivity contribution in [1.29, 1.82) is 0 Å². The molecule has 6 nitrogen and oxygen atoms in total. The van der Waals surface area contributed by atoms with Gasteiger partial charge in [0.25, 0.3) is 0 Å². The van der Waals surface area contributed by atoms with E-state index in [1.807, 2.05) is 26.1 Å². The molecule has 3 rings (SSSR count). The molecule has 0 bridgehead atoms. The predicted octanol–water partition coefficient (Wildman–Crippen LogP) is 1.77. The van der Waals surface area contributed by atoms with E-state index in [1.165, 1.54) is 11.5 Å². The second kappa shape index (κ2) is 6.06. The van der Waals surface area contributed by atoms with E-state index in [9.17, 15) is 0 Å². The Labute approximate surface area is 130 Å². The summed E-state index contributed by atoms with van der Waals surface area (Å²) in [5.74, 6) is 0.791. The zero-order valence-electron chi connectivity index (χ0n) is 13.0. The highest BCUT2D eigenvalue weighted by molar-refractivity contribution is 7.09. The number of piperidine rings is 1. The Kier molecular flexibility index (Phi) is 4.33. The molecule has 0 N–H and O–H groups in total. The highest BCUT2D eigenvalue weighted by Crippen LogP contribution is 2.38.